The van der Waals surface area contributed by atoms with Gasteiger partial charge in [0.1, 0.15) is 10.3 Å². The van der Waals surface area contributed by atoms with Crippen LogP contribution in [0.5, 0.6) is 0 Å². The van der Waals surface area contributed by atoms with Crippen molar-refractivity contribution in [1.82, 2.24) is 4.98 Å². The van der Waals surface area contributed by atoms with E-state index in [0.29, 0.717) is 21.3 Å². The molecule has 0 radical (unpaired) electrons. The van der Waals surface area contributed by atoms with Gasteiger partial charge in [0.2, 0.25) is 5.91 Å². The SMILES string of the molecule is CC(C)(C)OC(=O)C(C)(C)Sc1nc(CC(=O)Nc2ccc(-c3ccc(C(F)(F)F)cc3)cc2)cs1. The number of thioether (sulfide) groups is 1. The van der Waals surface area contributed by atoms with Gasteiger partial charge in [-0.05, 0) is 70.0 Å². The average Bonchev–Trinajstić information content (AvgIpc) is 3.18. The number of halogens is 3. The molecule has 0 spiro atoms. The van der Waals surface area contributed by atoms with Gasteiger partial charge in [-0.15, -0.1) is 11.3 Å². The van der Waals surface area contributed by atoms with E-state index < -0.39 is 22.1 Å². The van der Waals surface area contributed by atoms with Crippen molar-refractivity contribution in [3.63, 3.8) is 0 Å². The molecule has 0 unspecified atom stereocenters. The number of esters is 1. The van der Waals surface area contributed by atoms with Crippen LogP contribution in [0, 0.1) is 0 Å². The number of ether oxygens (including phenoxy) is 1. The molecule has 1 amide bonds. The molecule has 5 nitrogen and oxygen atoms in total. The number of alkyl halides is 3. The van der Waals surface area contributed by atoms with Crippen molar-refractivity contribution in [2.24, 2.45) is 0 Å². The maximum Gasteiger partial charge on any atom is 0.416 e. The minimum atomic E-state index is -4.38. The van der Waals surface area contributed by atoms with Gasteiger partial charge >= 0.3 is 12.1 Å². The van der Waals surface area contributed by atoms with Crippen LogP contribution < -0.4 is 5.32 Å². The smallest absolute Gasteiger partial charge is 0.416 e. The van der Waals surface area contributed by atoms with Gasteiger partial charge in [-0.2, -0.15) is 13.2 Å². The van der Waals surface area contributed by atoms with E-state index in [0.717, 1.165) is 17.7 Å². The first-order valence-corrected chi connectivity index (χ1v) is 12.8. The van der Waals surface area contributed by atoms with E-state index in [-0.39, 0.29) is 18.3 Å². The van der Waals surface area contributed by atoms with E-state index in [4.69, 9.17) is 4.74 Å². The molecule has 36 heavy (non-hydrogen) atoms. The minimum Gasteiger partial charge on any atom is -0.459 e. The first-order chi connectivity index (χ1) is 16.6. The minimum absolute atomic E-state index is 0.0601. The van der Waals surface area contributed by atoms with Crippen molar-refractivity contribution >= 4 is 40.7 Å². The summed E-state index contributed by atoms with van der Waals surface area (Å²) in [6, 6.07) is 11.8. The van der Waals surface area contributed by atoms with Gasteiger partial charge in [0.05, 0.1) is 17.7 Å². The van der Waals surface area contributed by atoms with E-state index >= 15 is 0 Å². The summed E-state index contributed by atoms with van der Waals surface area (Å²) in [6.07, 6.45) is -4.32. The molecule has 2 aromatic carbocycles. The predicted octanol–water partition coefficient (Wildman–Crippen LogP) is 7.22. The molecule has 3 aromatic rings. The zero-order valence-electron chi connectivity index (χ0n) is 20.5. The third kappa shape index (κ3) is 7.83. The Morgan fingerprint density at radius 2 is 1.50 bits per heavy atom. The number of thiazole rings is 1. The van der Waals surface area contributed by atoms with Crippen LogP contribution in [0.2, 0.25) is 0 Å². The lowest BCUT2D eigenvalue weighted by atomic mass is 10.0. The molecule has 1 N–H and O–H groups in total. The highest BCUT2D eigenvalue weighted by atomic mass is 32.2. The highest BCUT2D eigenvalue weighted by molar-refractivity contribution is 8.03. The van der Waals surface area contributed by atoms with Crippen molar-refractivity contribution in [3.05, 3.63) is 65.2 Å². The zero-order valence-corrected chi connectivity index (χ0v) is 22.2. The van der Waals surface area contributed by atoms with Crippen LogP contribution in [0.15, 0.2) is 58.3 Å². The molecule has 0 aliphatic carbocycles. The molecule has 0 saturated heterocycles. The number of nitrogens with zero attached hydrogens (tertiary/aromatic N) is 1. The van der Waals surface area contributed by atoms with Crippen LogP contribution in [0.1, 0.15) is 45.9 Å². The van der Waals surface area contributed by atoms with Crippen molar-refractivity contribution < 1.29 is 27.5 Å². The Morgan fingerprint density at radius 3 is 2.03 bits per heavy atom. The monoisotopic (exact) mass is 536 g/mol. The number of benzene rings is 2. The maximum absolute atomic E-state index is 12.7. The van der Waals surface area contributed by atoms with Crippen LogP contribution in [0.3, 0.4) is 0 Å². The van der Waals surface area contributed by atoms with Gasteiger partial charge in [-0.3, -0.25) is 9.59 Å². The molecule has 192 valence electrons. The van der Waals surface area contributed by atoms with E-state index in [9.17, 15) is 22.8 Å². The third-order valence-electron chi connectivity index (χ3n) is 4.82. The van der Waals surface area contributed by atoms with E-state index in [1.54, 1.807) is 43.5 Å². The molecular weight excluding hydrogens is 509 g/mol. The van der Waals surface area contributed by atoms with Gasteiger partial charge in [0.25, 0.3) is 0 Å². The summed E-state index contributed by atoms with van der Waals surface area (Å²) in [5, 5.41) is 4.57. The Hall–Kier alpha value is -2.85. The summed E-state index contributed by atoms with van der Waals surface area (Å²) < 4.78 is 43.5. The number of rotatable bonds is 7. The standard InChI is InChI=1S/C26H27F3N2O3S2/c1-24(2,3)34-22(33)25(4,5)36-23-31-20(15-35-23)14-21(32)30-19-12-8-17(9-13-19)16-6-10-18(11-7-16)26(27,28)29/h6-13,15H,14H2,1-5H3,(H,30,32). The summed E-state index contributed by atoms with van der Waals surface area (Å²) in [4.78, 5) is 29.4. The number of anilines is 1. The number of carbonyl (C=O) groups is 2. The second-order valence-corrected chi connectivity index (χ2v) is 12.3. The van der Waals surface area contributed by atoms with Gasteiger partial charge in [-0.1, -0.05) is 36.0 Å². The largest absolute Gasteiger partial charge is 0.459 e. The summed E-state index contributed by atoms with van der Waals surface area (Å²) in [5.41, 5.74) is 1.23. The molecule has 0 bridgehead atoms. The molecule has 1 heterocycles. The van der Waals surface area contributed by atoms with Crippen molar-refractivity contribution in [2.75, 3.05) is 5.32 Å². The number of aromatic nitrogens is 1. The summed E-state index contributed by atoms with van der Waals surface area (Å²) >= 11 is 2.64. The second-order valence-electron chi connectivity index (χ2n) is 9.60. The zero-order chi connectivity index (χ0) is 26.7. The molecule has 0 aliphatic heterocycles. The topological polar surface area (TPSA) is 68.3 Å². The number of hydrogen-bond acceptors (Lipinski definition) is 6. The van der Waals surface area contributed by atoms with Crippen LogP contribution in [0.4, 0.5) is 18.9 Å². The Balaban J connectivity index is 1.57. The maximum atomic E-state index is 12.7. The van der Waals surface area contributed by atoms with Crippen molar-refractivity contribution in [1.29, 1.82) is 0 Å². The molecule has 0 fully saturated rings. The fourth-order valence-corrected chi connectivity index (χ4v) is 5.27. The number of carbonyl (C=O) groups excluding carboxylic acids is 2. The highest BCUT2D eigenvalue weighted by Crippen LogP contribution is 2.36. The fraction of sp³-hybridized carbons (Fsp3) is 0.346. The Kier molecular flexibility index (Phi) is 8.20. The number of hydrogen-bond donors (Lipinski definition) is 1. The molecule has 0 aliphatic rings. The van der Waals surface area contributed by atoms with Gasteiger partial charge in [0, 0.05) is 11.1 Å². The average molecular weight is 537 g/mol. The van der Waals surface area contributed by atoms with Gasteiger partial charge < -0.3 is 10.1 Å². The van der Waals surface area contributed by atoms with E-state index in [2.05, 4.69) is 10.3 Å². The Bertz CT molecular complexity index is 1210. The van der Waals surface area contributed by atoms with Crippen LogP contribution in [0.25, 0.3) is 11.1 Å². The first kappa shape index (κ1) is 27.7. The molecule has 3 rings (SSSR count). The van der Waals surface area contributed by atoms with Crippen molar-refractivity contribution in [3.8, 4) is 11.1 Å². The lowest BCUT2D eigenvalue weighted by Crippen LogP contribution is -2.36. The molecule has 0 atom stereocenters. The van der Waals surface area contributed by atoms with Gasteiger partial charge in [-0.25, -0.2) is 4.98 Å². The third-order valence-corrected chi connectivity index (χ3v) is 6.98. The van der Waals surface area contributed by atoms with Gasteiger partial charge in [0.15, 0.2) is 4.34 Å². The van der Waals surface area contributed by atoms with E-state index in [1.807, 2.05) is 20.8 Å². The fourth-order valence-electron chi connectivity index (χ4n) is 3.04. The van der Waals surface area contributed by atoms with E-state index in [1.165, 1.54) is 35.2 Å². The molecule has 0 saturated carbocycles. The number of nitrogens with one attached hydrogen (secondary N) is 1. The number of amides is 1. The Labute approximate surface area is 216 Å². The summed E-state index contributed by atoms with van der Waals surface area (Å²) in [5.74, 6) is -0.597. The lowest BCUT2D eigenvalue weighted by Gasteiger charge is -2.27. The summed E-state index contributed by atoms with van der Waals surface area (Å²) in [6.45, 7) is 8.98. The van der Waals surface area contributed by atoms with Crippen LogP contribution >= 0.6 is 23.1 Å². The normalized spacial score (nSPS) is 12.3. The summed E-state index contributed by atoms with van der Waals surface area (Å²) in [7, 11) is 0. The highest BCUT2D eigenvalue weighted by Gasteiger charge is 2.35. The molecule has 1 aromatic heterocycles. The predicted molar refractivity (Wildman–Crippen MR) is 137 cm³/mol. The van der Waals surface area contributed by atoms with Crippen LogP contribution in [-0.4, -0.2) is 27.2 Å². The first-order valence-electron chi connectivity index (χ1n) is 11.1. The molecule has 10 heteroatoms. The van der Waals surface area contributed by atoms with Crippen molar-refractivity contribution in [2.45, 2.75) is 61.9 Å². The lowest BCUT2D eigenvalue weighted by molar-refractivity contribution is -0.156. The molecular formula is C26H27F3N2O3S2. The van der Waals surface area contributed by atoms with Crippen LogP contribution in [-0.2, 0) is 26.9 Å². The second kappa shape index (κ2) is 10.6. The quantitative estimate of drug-likeness (QED) is 0.255. The Morgan fingerprint density at radius 1 is 0.944 bits per heavy atom.